The van der Waals surface area contributed by atoms with Crippen LogP contribution in [0.2, 0.25) is 0 Å². The summed E-state index contributed by atoms with van der Waals surface area (Å²) in [7, 11) is 2.17. The first-order valence-electron chi connectivity index (χ1n) is 13.7. The van der Waals surface area contributed by atoms with Crippen LogP contribution in [0.1, 0.15) is 23.7 Å². The van der Waals surface area contributed by atoms with Gasteiger partial charge in [0.2, 0.25) is 5.95 Å². The molecule has 0 aliphatic carbocycles. The van der Waals surface area contributed by atoms with Crippen molar-refractivity contribution < 1.29 is 4.79 Å². The van der Waals surface area contributed by atoms with E-state index in [4.69, 9.17) is 4.98 Å². The fourth-order valence-corrected chi connectivity index (χ4v) is 6.08. The van der Waals surface area contributed by atoms with E-state index in [-0.39, 0.29) is 5.91 Å². The monoisotopic (exact) mass is 551 g/mol. The van der Waals surface area contributed by atoms with Crippen molar-refractivity contribution in [3.63, 3.8) is 0 Å². The molecular weight excluding hydrogens is 518 g/mol. The third kappa shape index (κ3) is 5.61. The van der Waals surface area contributed by atoms with Crippen LogP contribution < -0.4 is 19.8 Å². The van der Waals surface area contributed by atoms with Gasteiger partial charge in [-0.2, -0.15) is 0 Å². The number of nitrogens with zero attached hydrogens (tertiary/aromatic N) is 5. The van der Waals surface area contributed by atoms with Crippen molar-refractivity contribution in [1.82, 2.24) is 14.9 Å². The van der Waals surface area contributed by atoms with Crippen LogP contribution in [0.15, 0.2) is 83.9 Å². The van der Waals surface area contributed by atoms with Crippen LogP contribution in [0.4, 0.5) is 28.7 Å². The first-order valence-corrected chi connectivity index (χ1v) is 14.5. The van der Waals surface area contributed by atoms with Crippen molar-refractivity contribution in [3.05, 3.63) is 84.6 Å². The van der Waals surface area contributed by atoms with Crippen molar-refractivity contribution in [3.8, 4) is 11.3 Å². The number of benzene rings is 3. The molecule has 2 aliphatic heterocycles. The van der Waals surface area contributed by atoms with Gasteiger partial charge in [-0.05, 0) is 80.0 Å². The Morgan fingerprint density at radius 3 is 2.48 bits per heavy atom. The molecule has 3 aromatic carbocycles. The maximum Gasteiger partial charge on any atom is 0.255 e. The Kier molecular flexibility index (Phi) is 7.57. The van der Waals surface area contributed by atoms with E-state index in [1.54, 1.807) is 11.9 Å². The molecule has 9 heteroatoms. The number of nitrogens with one attached hydrogen (secondary N) is 2. The van der Waals surface area contributed by atoms with Crippen LogP contribution in [0, 0.1) is 0 Å². The first-order chi connectivity index (χ1) is 19.6. The molecule has 0 unspecified atom stereocenters. The summed E-state index contributed by atoms with van der Waals surface area (Å²) in [5, 5.41) is 6.37. The Hall–Kier alpha value is -4.08. The smallest absolute Gasteiger partial charge is 0.255 e. The van der Waals surface area contributed by atoms with Crippen LogP contribution in [0.3, 0.4) is 0 Å². The van der Waals surface area contributed by atoms with Gasteiger partial charge in [-0.15, -0.1) is 0 Å². The standard InChI is InChI=1S/C31H33N7OS/c1-3-15-38-27-20-22(30(39)33-23-7-5-4-6-8-23)9-14-26(27)29-28(40-38)21-32-31(35-29)34-24-10-12-25(13-11-24)37-18-16-36(2)17-19-37/h4-14,20-21H,3,15-19H2,1-2H3,(H,33,39)(H,32,34,35). The van der Waals surface area contributed by atoms with Crippen molar-refractivity contribution in [2.24, 2.45) is 0 Å². The average molecular weight is 552 g/mol. The molecular formula is C31H33N7OS. The number of fused-ring (bicyclic) bond motifs is 3. The summed E-state index contributed by atoms with van der Waals surface area (Å²) in [5.41, 5.74) is 6.42. The molecule has 204 valence electrons. The largest absolute Gasteiger partial charge is 0.369 e. The van der Waals surface area contributed by atoms with Gasteiger partial charge in [0.05, 0.1) is 16.3 Å². The number of hydrogen-bond acceptors (Lipinski definition) is 8. The van der Waals surface area contributed by atoms with E-state index in [1.165, 1.54) is 5.69 Å². The highest BCUT2D eigenvalue weighted by atomic mass is 32.2. The van der Waals surface area contributed by atoms with Crippen molar-refractivity contribution >= 4 is 46.6 Å². The first kappa shape index (κ1) is 26.2. The fourth-order valence-electron chi connectivity index (χ4n) is 4.98. The molecule has 0 bridgehead atoms. The number of para-hydroxylation sites is 1. The molecule has 8 nitrogen and oxygen atoms in total. The molecule has 1 saturated heterocycles. The van der Waals surface area contributed by atoms with E-state index in [1.807, 2.05) is 54.7 Å². The summed E-state index contributed by atoms with van der Waals surface area (Å²) in [6.45, 7) is 7.24. The topological polar surface area (TPSA) is 76.6 Å². The summed E-state index contributed by atoms with van der Waals surface area (Å²) >= 11 is 1.62. The quantitative estimate of drug-likeness (QED) is 0.266. The Morgan fingerprint density at radius 1 is 0.950 bits per heavy atom. The fraction of sp³-hybridized carbons (Fsp3) is 0.258. The van der Waals surface area contributed by atoms with E-state index in [0.717, 1.165) is 72.4 Å². The molecule has 1 aromatic heterocycles. The van der Waals surface area contributed by atoms with Crippen LogP contribution in [0.5, 0.6) is 0 Å². The highest BCUT2D eigenvalue weighted by Gasteiger charge is 2.26. The number of rotatable bonds is 7. The average Bonchev–Trinajstić information content (AvgIpc) is 2.99. The second-order valence-electron chi connectivity index (χ2n) is 10.1. The normalized spacial score (nSPS) is 14.8. The van der Waals surface area contributed by atoms with Crippen molar-refractivity contribution in [2.75, 3.05) is 59.6 Å². The SMILES string of the molecule is CCCN1Sc2cnc(Nc3ccc(N4CCN(C)CC4)cc3)nc2-c2ccc(C(=O)Nc3ccccc3)cc21. The minimum atomic E-state index is -0.133. The predicted molar refractivity (Wildman–Crippen MR) is 165 cm³/mol. The minimum absolute atomic E-state index is 0.133. The van der Waals surface area contributed by atoms with Crippen LogP contribution in [-0.2, 0) is 0 Å². The van der Waals surface area contributed by atoms with E-state index < -0.39 is 0 Å². The lowest BCUT2D eigenvalue weighted by atomic mass is 10.0. The zero-order valence-electron chi connectivity index (χ0n) is 22.8. The van der Waals surface area contributed by atoms with Crippen LogP contribution in [-0.4, -0.2) is 60.5 Å². The summed E-state index contributed by atoms with van der Waals surface area (Å²) in [4.78, 5) is 28.3. The zero-order chi connectivity index (χ0) is 27.5. The Balaban J connectivity index is 1.23. The number of carbonyl (C=O) groups excluding carboxylic acids is 1. The maximum atomic E-state index is 13.0. The summed E-state index contributed by atoms with van der Waals surface area (Å²) in [5.74, 6) is 0.416. The van der Waals surface area contributed by atoms with Gasteiger partial charge in [0.15, 0.2) is 0 Å². The highest BCUT2D eigenvalue weighted by Crippen LogP contribution is 2.46. The van der Waals surface area contributed by atoms with Crippen molar-refractivity contribution in [2.45, 2.75) is 18.2 Å². The molecule has 0 radical (unpaired) electrons. The Morgan fingerprint density at radius 2 is 1.73 bits per heavy atom. The molecule has 0 spiro atoms. The van der Waals surface area contributed by atoms with Gasteiger partial charge in [0.1, 0.15) is 0 Å². The number of hydrogen-bond donors (Lipinski definition) is 2. The number of aromatic nitrogens is 2. The minimum Gasteiger partial charge on any atom is -0.369 e. The lowest BCUT2D eigenvalue weighted by Crippen LogP contribution is -2.44. The second-order valence-corrected chi connectivity index (χ2v) is 11.2. The van der Waals surface area contributed by atoms with E-state index in [2.05, 4.69) is 68.0 Å². The van der Waals surface area contributed by atoms with E-state index >= 15 is 0 Å². The third-order valence-corrected chi connectivity index (χ3v) is 8.29. The van der Waals surface area contributed by atoms with Crippen molar-refractivity contribution in [1.29, 1.82) is 0 Å². The number of piperazine rings is 1. The second kappa shape index (κ2) is 11.6. The predicted octanol–water partition coefficient (Wildman–Crippen LogP) is 6.13. The number of likely N-dealkylation sites (N-methyl/N-ethyl adjacent to an activating group) is 1. The summed E-state index contributed by atoms with van der Waals surface area (Å²) < 4.78 is 2.23. The van der Waals surface area contributed by atoms with Gasteiger partial charge in [-0.3, -0.25) is 4.79 Å². The molecule has 3 heterocycles. The lowest BCUT2D eigenvalue weighted by Gasteiger charge is -2.34. The zero-order valence-corrected chi connectivity index (χ0v) is 23.6. The molecule has 2 N–H and O–H groups in total. The number of carbonyl (C=O) groups is 1. The molecule has 0 saturated carbocycles. The molecule has 1 amide bonds. The Bertz CT molecular complexity index is 1490. The molecule has 4 aromatic rings. The van der Waals surface area contributed by atoms with Gasteiger partial charge in [-0.25, -0.2) is 9.97 Å². The van der Waals surface area contributed by atoms with Gasteiger partial charge in [-0.1, -0.05) is 25.1 Å². The highest BCUT2D eigenvalue weighted by molar-refractivity contribution is 8.00. The summed E-state index contributed by atoms with van der Waals surface area (Å²) in [6, 6.07) is 23.8. The molecule has 1 fully saturated rings. The maximum absolute atomic E-state index is 13.0. The molecule has 0 atom stereocenters. The van der Waals surface area contributed by atoms with Crippen LogP contribution in [0.25, 0.3) is 11.3 Å². The molecule has 6 rings (SSSR count). The number of anilines is 5. The number of amides is 1. The van der Waals surface area contributed by atoms with Gasteiger partial charge in [0, 0.05) is 67.1 Å². The molecule has 2 aliphatic rings. The molecule has 40 heavy (non-hydrogen) atoms. The van der Waals surface area contributed by atoms with Crippen LogP contribution >= 0.6 is 11.9 Å². The van der Waals surface area contributed by atoms with Gasteiger partial charge < -0.3 is 24.7 Å². The summed E-state index contributed by atoms with van der Waals surface area (Å²) in [6.07, 6.45) is 2.86. The third-order valence-electron chi connectivity index (χ3n) is 7.20. The van der Waals surface area contributed by atoms with E-state index in [9.17, 15) is 4.79 Å². The van der Waals surface area contributed by atoms with E-state index in [0.29, 0.717) is 11.5 Å². The van der Waals surface area contributed by atoms with Gasteiger partial charge >= 0.3 is 0 Å². The van der Waals surface area contributed by atoms with Gasteiger partial charge in [0.25, 0.3) is 5.91 Å². The Labute approximate surface area is 239 Å². The lowest BCUT2D eigenvalue weighted by molar-refractivity contribution is 0.102.